The summed E-state index contributed by atoms with van der Waals surface area (Å²) in [4.78, 5) is 21.4. The maximum atomic E-state index is 10.8. The van der Waals surface area contributed by atoms with Gasteiger partial charge in [-0.2, -0.15) is 0 Å². The number of aliphatic carboxylic acids is 1. The van der Waals surface area contributed by atoms with Crippen LogP contribution >= 0.6 is 0 Å². The first-order valence-electron chi connectivity index (χ1n) is 4.43. The molecule has 0 aliphatic heterocycles. The van der Waals surface area contributed by atoms with Gasteiger partial charge in [0.25, 0.3) is 0 Å². The number of carbonyl (C=O) groups is 2. The van der Waals surface area contributed by atoms with E-state index in [-0.39, 0.29) is 11.3 Å². The van der Waals surface area contributed by atoms with Crippen molar-refractivity contribution in [3.63, 3.8) is 0 Å². The molecule has 92 valence electrons. The number of aromatic hydroxyl groups is 1. The first kappa shape index (κ1) is 12.8. The lowest BCUT2D eigenvalue weighted by Crippen LogP contribution is -2.12. The first-order chi connectivity index (χ1) is 7.88. The Morgan fingerprint density at radius 2 is 1.88 bits per heavy atom. The molecular weight excluding hydrogens is 232 g/mol. The summed E-state index contributed by atoms with van der Waals surface area (Å²) >= 11 is 0. The average Bonchev–Trinajstić information content (AvgIpc) is 2.27. The van der Waals surface area contributed by atoms with Gasteiger partial charge in [-0.25, -0.2) is 9.59 Å². The minimum Gasteiger partial charge on any atom is -0.507 e. The molecule has 0 saturated carbocycles. The summed E-state index contributed by atoms with van der Waals surface area (Å²) in [5.41, 5.74) is -0.753. The number of hydrogen-bond donors (Lipinski definition) is 4. The average molecular weight is 242 g/mol. The van der Waals surface area contributed by atoms with Crippen LogP contribution in [0.2, 0.25) is 0 Å². The number of carboxylic acids is 2. The third-order valence-electron chi connectivity index (χ3n) is 2.11. The Morgan fingerprint density at radius 3 is 2.29 bits per heavy atom. The molecule has 0 fully saturated rings. The van der Waals surface area contributed by atoms with E-state index in [1.807, 2.05) is 0 Å². The maximum absolute atomic E-state index is 10.8. The fraction of sp³-hybridized carbons (Fsp3) is 0.200. The van der Waals surface area contributed by atoms with Crippen molar-refractivity contribution in [1.82, 2.24) is 0 Å². The molecule has 0 aliphatic rings. The highest BCUT2D eigenvalue weighted by Gasteiger charge is 2.24. The number of phenols is 1. The maximum Gasteiger partial charge on any atom is 0.339 e. The fourth-order valence-corrected chi connectivity index (χ4v) is 1.27. The zero-order valence-electron chi connectivity index (χ0n) is 8.75. The van der Waals surface area contributed by atoms with Gasteiger partial charge in [0.05, 0.1) is 7.11 Å². The molecule has 1 rings (SSSR count). The second-order valence-electron chi connectivity index (χ2n) is 3.16. The molecule has 7 nitrogen and oxygen atoms in total. The van der Waals surface area contributed by atoms with Crippen molar-refractivity contribution in [2.75, 3.05) is 7.11 Å². The molecule has 0 amide bonds. The third kappa shape index (κ3) is 2.45. The molecule has 1 atom stereocenters. The van der Waals surface area contributed by atoms with Crippen LogP contribution in [0.25, 0.3) is 0 Å². The summed E-state index contributed by atoms with van der Waals surface area (Å²) in [6, 6.07) is 1.79. The Balaban J connectivity index is 3.39. The lowest BCUT2D eigenvalue weighted by molar-refractivity contribution is -0.147. The van der Waals surface area contributed by atoms with Gasteiger partial charge in [0, 0.05) is 11.6 Å². The van der Waals surface area contributed by atoms with E-state index < -0.39 is 29.4 Å². The SMILES string of the molecule is COc1cc(O)c(C(O)C(=O)O)cc1C(=O)O. The van der Waals surface area contributed by atoms with E-state index in [0.717, 1.165) is 12.1 Å². The highest BCUT2D eigenvalue weighted by Crippen LogP contribution is 2.32. The number of benzene rings is 1. The molecule has 0 saturated heterocycles. The second kappa shape index (κ2) is 4.71. The lowest BCUT2D eigenvalue weighted by atomic mass is 10.0. The van der Waals surface area contributed by atoms with Crippen LogP contribution in [0.1, 0.15) is 22.0 Å². The van der Waals surface area contributed by atoms with Gasteiger partial charge in [0.1, 0.15) is 17.1 Å². The summed E-state index contributed by atoms with van der Waals surface area (Å²) in [5.74, 6) is -3.64. The van der Waals surface area contributed by atoms with E-state index in [9.17, 15) is 19.8 Å². The van der Waals surface area contributed by atoms with Crippen molar-refractivity contribution >= 4 is 11.9 Å². The number of phenolic OH excluding ortho intramolecular Hbond substituents is 1. The summed E-state index contributed by atoms with van der Waals surface area (Å²) < 4.78 is 4.71. The molecular formula is C10H10O7. The minimum absolute atomic E-state index is 0.128. The van der Waals surface area contributed by atoms with E-state index in [1.54, 1.807) is 0 Å². The lowest BCUT2D eigenvalue weighted by Gasteiger charge is -2.12. The van der Waals surface area contributed by atoms with E-state index in [2.05, 4.69) is 0 Å². The van der Waals surface area contributed by atoms with E-state index >= 15 is 0 Å². The monoisotopic (exact) mass is 242 g/mol. The smallest absolute Gasteiger partial charge is 0.339 e. The molecule has 7 heteroatoms. The highest BCUT2D eigenvalue weighted by atomic mass is 16.5. The summed E-state index contributed by atoms with van der Waals surface area (Å²) in [7, 11) is 1.20. The van der Waals surface area contributed by atoms with Crippen LogP contribution in [-0.4, -0.2) is 39.5 Å². The van der Waals surface area contributed by atoms with Gasteiger partial charge in [0.2, 0.25) is 0 Å². The number of aliphatic hydroxyl groups is 1. The number of ether oxygens (including phenoxy) is 1. The molecule has 0 bridgehead atoms. The van der Waals surface area contributed by atoms with Crippen molar-refractivity contribution < 1.29 is 34.8 Å². The van der Waals surface area contributed by atoms with Crippen molar-refractivity contribution in [2.45, 2.75) is 6.10 Å². The summed E-state index contributed by atoms with van der Waals surface area (Å²) in [5, 5.41) is 36.1. The molecule has 1 aromatic carbocycles. The van der Waals surface area contributed by atoms with Gasteiger partial charge in [-0.1, -0.05) is 0 Å². The largest absolute Gasteiger partial charge is 0.507 e. The van der Waals surface area contributed by atoms with Crippen molar-refractivity contribution in [2.24, 2.45) is 0 Å². The zero-order chi connectivity index (χ0) is 13.2. The second-order valence-corrected chi connectivity index (χ2v) is 3.16. The van der Waals surface area contributed by atoms with Crippen LogP contribution in [0.15, 0.2) is 12.1 Å². The van der Waals surface area contributed by atoms with Crippen molar-refractivity contribution in [1.29, 1.82) is 0 Å². The number of aliphatic hydroxyl groups excluding tert-OH is 1. The van der Waals surface area contributed by atoms with Gasteiger partial charge in [-0.3, -0.25) is 0 Å². The molecule has 0 spiro atoms. The number of rotatable bonds is 4. The molecule has 0 heterocycles. The minimum atomic E-state index is -2.00. The predicted octanol–water partition coefficient (Wildman–Crippen LogP) is 0.217. The molecule has 17 heavy (non-hydrogen) atoms. The van der Waals surface area contributed by atoms with Crippen LogP contribution in [0, 0.1) is 0 Å². The Kier molecular flexibility index (Phi) is 3.54. The zero-order valence-corrected chi connectivity index (χ0v) is 8.75. The van der Waals surface area contributed by atoms with Gasteiger partial charge < -0.3 is 25.2 Å². The first-order valence-corrected chi connectivity index (χ1v) is 4.43. The Labute approximate surface area is 95.5 Å². The van der Waals surface area contributed by atoms with E-state index in [4.69, 9.17) is 14.9 Å². The molecule has 0 radical (unpaired) electrons. The van der Waals surface area contributed by atoms with Crippen LogP contribution < -0.4 is 4.74 Å². The van der Waals surface area contributed by atoms with Crippen molar-refractivity contribution in [3.05, 3.63) is 23.3 Å². The standard InChI is InChI=1S/C10H10O7/c1-17-7-3-6(11)4(8(12)10(15)16)2-5(7)9(13)14/h2-3,8,11-12H,1H3,(H,13,14)(H,15,16). The van der Waals surface area contributed by atoms with Crippen LogP contribution in [-0.2, 0) is 4.79 Å². The van der Waals surface area contributed by atoms with E-state index in [1.165, 1.54) is 7.11 Å². The number of methoxy groups -OCH3 is 1. The van der Waals surface area contributed by atoms with Gasteiger partial charge >= 0.3 is 11.9 Å². The van der Waals surface area contributed by atoms with E-state index in [0.29, 0.717) is 0 Å². The molecule has 1 unspecified atom stereocenters. The van der Waals surface area contributed by atoms with Gasteiger partial charge in [-0.05, 0) is 6.07 Å². The van der Waals surface area contributed by atoms with Crippen LogP contribution in [0.4, 0.5) is 0 Å². The normalized spacial score (nSPS) is 11.9. The van der Waals surface area contributed by atoms with Gasteiger partial charge in [0.15, 0.2) is 6.10 Å². The van der Waals surface area contributed by atoms with Gasteiger partial charge in [-0.15, -0.1) is 0 Å². The Bertz CT molecular complexity index is 466. The number of hydrogen-bond acceptors (Lipinski definition) is 5. The molecule has 1 aromatic rings. The van der Waals surface area contributed by atoms with Crippen LogP contribution in [0.3, 0.4) is 0 Å². The molecule has 0 aliphatic carbocycles. The molecule has 0 aromatic heterocycles. The predicted molar refractivity (Wildman–Crippen MR) is 54.2 cm³/mol. The Morgan fingerprint density at radius 1 is 1.29 bits per heavy atom. The van der Waals surface area contributed by atoms with Crippen molar-refractivity contribution in [3.8, 4) is 11.5 Å². The quantitative estimate of drug-likeness (QED) is 0.595. The van der Waals surface area contributed by atoms with Crippen LogP contribution in [0.5, 0.6) is 11.5 Å². The summed E-state index contributed by atoms with van der Waals surface area (Å²) in [6.07, 6.45) is -2.00. The Hall–Kier alpha value is -2.28. The third-order valence-corrected chi connectivity index (χ3v) is 2.11. The summed E-state index contributed by atoms with van der Waals surface area (Å²) in [6.45, 7) is 0. The topological polar surface area (TPSA) is 124 Å². The fourth-order valence-electron chi connectivity index (χ4n) is 1.27. The molecule has 4 N–H and O–H groups in total. The highest BCUT2D eigenvalue weighted by molar-refractivity contribution is 5.92. The number of aromatic carboxylic acids is 1. The number of carboxylic acid groups (broad SMARTS) is 2.